The fourth-order valence-corrected chi connectivity index (χ4v) is 1.88. The van der Waals surface area contributed by atoms with Crippen LogP contribution in [0, 0.1) is 12.8 Å². The molecule has 0 N–H and O–H groups in total. The summed E-state index contributed by atoms with van der Waals surface area (Å²) in [6, 6.07) is 7.51. The van der Waals surface area contributed by atoms with E-state index in [4.69, 9.17) is 4.74 Å². The molecule has 5 nitrogen and oxygen atoms in total. The normalized spacial score (nSPS) is 11.6. The summed E-state index contributed by atoms with van der Waals surface area (Å²) in [6.45, 7) is 6.42. The summed E-state index contributed by atoms with van der Waals surface area (Å²) >= 11 is 0. The molecule has 1 aromatic carbocycles. The van der Waals surface area contributed by atoms with Crippen molar-refractivity contribution >= 4 is 11.9 Å². The largest absolute Gasteiger partial charge is 0.484 e. The van der Waals surface area contributed by atoms with Crippen molar-refractivity contribution in [1.82, 2.24) is 4.90 Å². The maximum atomic E-state index is 12.1. The summed E-state index contributed by atoms with van der Waals surface area (Å²) in [5.41, 5.74) is 1.13. The van der Waals surface area contributed by atoms with E-state index < -0.39 is 0 Å². The van der Waals surface area contributed by atoms with Gasteiger partial charge in [-0.25, -0.2) is 0 Å². The predicted molar refractivity (Wildman–Crippen MR) is 80.1 cm³/mol. The number of esters is 1. The van der Waals surface area contributed by atoms with E-state index in [-0.39, 0.29) is 24.4 Å². The number of methoxy groups -OCH3 is 1. The molecule has 1 amide bonds. The molecule has 0 heterocycles. The highest BCUT2D eigenvalue weighted by Crippen LogP contribution is 2.11. The van der Waals surface area contributed by atoms with Crippen LogP contribution in [0.5, 0.6) is 5.75 Å². The van der Waals surface area contributed by atoms with E-state index >= 15 is 0 Å². The van der Waals surface area contributed by atoms with Crippen molar-refractivity contribution in [1.29, 1.82) is 0 Å². The second-order valence-corrected chi connectivity index (χ2v) is 4.96. The summed E-state index contributed by atoms with van der Waals surface area (Å²) in [4.78, 5) is 25.1. The highest BCUT2D eigenvalue weighted by molar-refractivity contribution is 5.79. The lowest BCUT2D eigenvalue weighted by atomic mass is 10.1. The molecule has 0 saturated heterocycles. The first-order valence-electron chi connectivity index (χ1n) is 7.03. The van der Waals surface area contributed by atoms with Gasteiger partial charge < -0.3 is 14.4 Å². The zero-order valence-corrected chi connectivity index (χ0v) is 13.1. The van der Waals surface area contributed by atoms with Crippen LogP contribution in [0.2, 0.25) is 0 Å². The first-order valence-corrected chi connectivity index (χ1v) is 7.03. The summed E-state index contributed by atoms with van der Waals surface area (Å²) < 4.78 is 10.1. The van der Waals surface area contributed by atoms with Gasteiger partial charge in [-0.2, -0.15) is 0 Å². The SMILES string of the molecule is CCN(CC(C)C(=O)OC)C(=O)COc1ccc(C)cc1. The summed E-state index contributed by atoms with van der Waals surface area (Å²) in [7, 11) is 1.34. The van der Waals surface area contributed by atoms with Gasteiger partial charge in [0.2, 0.25) is 0 Å². The Bertz CT molecular complexity index is 470. The number of hydrogen-bond donors (Lipinski definition) is 0. The van der Waals surface area contributed by atoms with Crippen LogP contribution in [0.15, 0.2) is 24.3 Å². The van der Waals surface area contributed by atoms with E-state index in [9.17, 15) is 9.59 Å². The second-order valence-electron chi connectivity index (χ2n) is 4.96. The molecular weight excluding hydrogens is 270 g/mol. The van der Waals surface area contributed by atoms with Gasteiger partial charge in [-0.05, 0) is 26.0 Å². The monoisotopic (exact) mass is 293 g/mol. The number of nitrogens with zero attached hydrogens (tertiary/aromatic N) is 1. The van der Waals surface area contributed by atoms with Gasteiger partial charge in [-0.15, -0.1) is 0 Å². The van der Waals surface area contributed by atoms with Gasteiger partial charge in [0, 0.05) is 13.1 Å². The van der Waals surface area contributed by atoms with E-state index in [0.717, 1.165) is 5.56 Å². The molecule has 5 heteroatoms. The minimum Gasteiger partial charge on any atom is -0.484 e. The molecule has 0 aromatic heterocycles. The fraction of sp³-hybridized carbons (Fsp3) is 0.500. The quantitative estimate of drug-likeness (QED) is 0.722. The topological polar surface area (TPSA) is 55.8 Å². The van der Waals surface area contributed by atoms with Crippen LogP contribution in [0.4, 0.5) is 0 Å². The molecule has 1 atom stereocenters. The Morgan fingerprint density at radius 3 is 2.38 bits per heavy atom. The van der Waals surface area contributed by atoms with E-state index in [0.29, 0.717) is 18.8 Å². The minimum absolute atomic E-state index is 0.0369. The number of ether oxygens (including phenoxy) is 2. The Kier molecular flexibility index (Phi) is 6.72. The zero-order chi connectivity index (χ0) is 15.8. The van der Waals surface area contributed by atoms with E-state index in [1.54, 1.807) is 11.8 Å². The molecule has 0 spiro atoms. The van der Waals surface area contributed by atoms with Crippen molar-refractivity contribution in [3.8, 4) is 5.75 Å². The van der Waals surface area contributed by atoms with Gasteiger partial charge in [-0.3, -0.25) is 9.59 Å². The summed E-state index contributed by atoms with van der Waals surface area (Å²) in [5, 5.41) is 0. The molecule has 0 bridgehead atoms. The van der Waals surface area contributed by atoms with Crippen molar-refractivity contribution < 1.29 is 19.1 Å². The summed E-state index contributed by atoms with van der Waals surface area (Å²) in [6.07, 6.45) is 0. The highest BCUT2D eigenvalue weighted by atomic mass is 16.5. The molecule has 0 fully saturated rings. The van der Waals surface area contributed by atoms with Crippen LogP contribution >= 0.6 is 0 Å². The van der Waals surface area contributed by atoms with Gasteiger partial charge >= 0.3 is 5.97 Å². The molecule has 0 saturated carbocycles. The first kappa shape index (κ1) is 17.0. The lowest BCUT2D eigenvalue weighted by Crippen LogP contribution is -2.39. The number of hydrogen-bond acceptors (Lipinski definition) is 4. The van der Waals surface area contributed by atoms with Gasteiger partial charge in [-0.1, -0.05) is 24.6 Å². The molecule has 0 aliphatic heterocycles. The molecule has 0 aliphatic carbocycles. The third-order valence-electron chi connectivity index (χ3n) is 3.22. The molecule has 0 aliphatic rings. The van der Waals surface area contributed by atoms with Crippen molar-refractivity contribution in [3.05, 3.63) is 29.8 Å². The number of benzene rings is 1. The van der Waals surface area contributed by atoms with Crippen molar-refractivity contribution in [2.75, 3.05) is 26.8 Å². The Morgan fingerprint density at radius 1 is 1.24 bits per heavy atom. The van der Waals surface area contributed by atoms with Gasteiger partial charge in [0.1, 0.15) is 5.75 Å². The maximum absolute atomic E-state index is 12.1. The second kappa shape index (κ2) is 8.29. The molecular formula is C16H23NO4. The zero-order valence-electron chi connectivity index (χ0n) is 13.1. The van der Waals surface area contributed by atoms with Gasteiger partial charge in [0.25, 0.3) is 5.91 Å². The first-order chi connectivity index (χ1) is 9.97. The average molecular weight is 293 g/mol. The fourth-order valence-electron chi connectivity index (χ4n) is 1.88. The minimum atomic E-state index is -0.349. The van der Waals surface area contributed by atoms with E-state index in [1.807, 2.05) is 38.1 Å². The van der Waals surface area contributed by atoms with E-state index in [2.05, 4.69) is 4.74 Å². The van der Waals surface area contributed by atoms with Crippen LogP contribution in [0.1, 0.15) is 19.4 Å². The predicted octanol–water partition coefficient (Wildman–Crippen LogP) is 2.03. The van der Waals surface area contributed by atoms with Crippen LogP contribution in [0.3, 0.4) is 0 Å². The molecule has 1 aromatic rings. The lowest BCUT2D eigenvalue weighted by Gasteiger charge is -2.23. The van der Waals surface area contributed by atoms with Crippen molar-refractivity contribution in [2.24, 2.45) is 5.92 Å². The van der Waals surface area contributed by atoms with Gasteiger partial charge in [0.05, 0.1) is 13.0 Å². The van der Waals surface area contributed by atoms with E-state index in [1.165, 1.54) is 7.11 Å². The molecule has 1 rings (SSSR count). The number of carbonyl (C=O) groups excluding carboxylic acids is 2. The van der Waals surface area contributed by atoms with Crippen LogP contribution in [-0.4, -0.2) is 43.6 Å². The van der Waals surface area contributed by atoms with Crippen LogP contribution < -0.4 is 4.74 Å². The van der Waals surface area contributed by atoms with Crippen LogP contribution in [0.25, 0.3) is 0 Å². The molecule has 0 radical (unpaired) electrons. The third-order valence-corrected chi connectivity index (χ3v) is 3.22. The number of rotatable bonds is 7. The Hall–Kier alpha value is -2.04. The average Bonchev–Trinajstić information content (AvgIpc) is 2.50. The Balaban J connectivity index is 2.51. The maximum Gasteiger partial charge on any atom is 0.310 e. The number of carbonyl (C=O) groups is 2. The summed E-state index contributed by atoms with van der Waals surface area (Å²) in [5.74, 6) is -0.154. The Labute approximate surface area is 125 Å². The van der Waals surface area contributed by atoms with Gasteiger partial charge in [0.15, 0.2) is 6.61 Å². The number of likely N-dealkylation sites (N-methyl/N-ethyl adjacent to an activating group) is 1. The highest BCUT2D eigenvalue weighted by Gasteiger charge is 2.20. The third kappa shape index (κ3) is 5.45. The smallest absolute Gasteiger partial charge is 0.310 e. The Morgan fingerprint density at radius 2 is 1.86 bits per heavy atom. The lowest BCUT2D eigenvalue weighted by molar-refractivity contribution is -0.146. The number of amides is 1. The standard InChI is InChI=1S/C16H23NO4/c1-5-17(10-13(3)16(19)20-4)15(18)11-21-14-8-6-12(2)7-9-14/h6-9,13H,5,10-11H2,1-4H3. The molecule has 1 unspecified atom stereocenters. The van der Waals surface area contributed by atoms with Crippen molar-refractivity contribution in [3.63, 3.8) is 0 Å². The molecule has 21 heavy (non-hydrogen) atoms. The van der Waals surface area contributed by atoms with Crippen LogP contribution in [-0.2, 0) is 14.3 Å². The van der Waals surface area contributed by atoms with Crippen molar-refractivity contribution in [2.45, 2.75) is 20.8 Å². The number of aryl methyl sites for hydroxylation is 1. The molecule has 116 valence electrons.